The van der Waals surface area contributed by atoms with E-state index >= 15 is 0 Å². The van der Waals surface area contributed by atoms with Crippen LogP contribution in [0.15, 0.2) is 24.3 Å². The first-order valence-electron chi connectivity index (χ1n) is 6.62. The molecule has 6 nitrogen and oxygen atoms in total. The van der Waals surface area contributed by atoms with Gasteiger partial charge in [0.2, 0.25) is 0 Å². The number of aliphatic hydroxyl groups is 1. The largest absolute Gasteiger partial charge is 0.433 e. The second-order valence-electron chi connectivity index (χ2n) is 4.68. The zero-order valence-corrected chi connectivity index (χ0v) is 12.8. The number of rotatable bonds is 2. The van der Waals surface area contributed by atoms with Gasteiger partial charge in [-0.25, -0.2) is 9.97 Å². The molecule has 0 aliphatic carbocycles. The second-order valence-corrected chi connectivity index (χ2v) is 4.68. The van der Waals surface area contributed by atoms with Gasteiger partial charge >= 0.3 is 12.4 Å². The van der Waals surface area contributed by atoms with Crippen molar-refractivity contribution in [3.8, 4) is 0 Å². The van der Waals surface area contributed by atoms with E-state index in [-0.39, 0.29) is 16.9 Å². The van der Waals surface area contributed by atoms with Gasteiger partial charge in [-0.3, -0.25) is 4.79 Å². The molecule has 26 heavy (non-hydrogen) atoms. The van der Waals surface area contributed by atoms with E-state index in [2.05, 4.69) is 9.97 Å². The summed E-state index contributed by atoms with van der Waals surface area (Å²) in [6, 6.07) is 3.57. The number of aldehydes is 1. The van der Waals surface area contributed by atoms with Crippen molar-refractivity contribution >= 4 is 17.9 Å². The lowest BCUT2D eigenvalue weighted by molar-refractivity contribution is -0.141. The van der Waals surface area contributed by atoms with Crippen LogP contribution in [0.5, 0.6) is 0 Å². The highest BCUT2D eigenvalue weighted by Gasteiger charge is 2.33. The Morgan fingerprint density at radius 1 is 0.885 bits per heavy atom. The third-order valence-corrected chi connectivity index (χ3v) is 2.85. The molecular formula is C14H12F6N4O2. The van der Waals surface area contributed by atoms with Crippen molar-refractivity contribution in [2.45, 2.75) is 19.0 Å². The van der Waals surface area contributed by atoms with Gasteiger partial charge in [-0.1, -0.05) is 6.07 Å². The first-order valence-corrected chi connectivity index (χ1v) is 6.62. The monoisotopic (exact) mass is 382 g/mol. The minimum absolute atomic E-state index is 0.0481. The minimum Gasteiger partial charge on any atom is -0.392 e. The fourth-order valence-corrected chi connectivity index (χ4v) is 1.54. The summed E-state index contributed by atoms with van der Waals surface area (Å²) in [4.78, 5) is 16.3. The number of anilines is 2. The van der Waals surface area contributed by atoms with Crippen LogP contribution in [-0.4, -0.2) is 21.4 Å². The molecule has 5 N–H and O–H groups in total. The lowest BCUT2D eigenvalue weighted by Crippen LogP contribution is -2.10. The highest BCUT2D eigenvalue weighted by molar-refractivity contribution is 5.81. The highest BCUT2D eigenvalue weighted by atomic mass is 19.4. The number of pyridine rings is 2. The average Bonchev–Trinajstić information content (AvgIpc) is 2.53. The Morgan fingerprint density at radius 3 is 1.69 bits per heavy atom. The van der Waals surface area contributed by atoms with Crippen LogP contribution in [-0.2, 0) is 19.0 Å². The lowest BCUT2D eigenvalue weighted by Gasteiger charge is -2.07. The van der Waals surface area contributed by atoms with Gasteiger partial charge in [0.1, 0.15) is 23.0 Å². The zero-order chi connectivity index (χ0) is 20.1. The van der Waals surface area contributed by atoms with Crippen molar-refractivity contribution in [2.75, 3.05) is 11.5 Å². The summed E-state index contributed by atoms with van der Waals surface area (Å²) in [6.45, 7) is -0.420. The van der Waals surface area contributed by atoms with E-state index in [1.807, 2.05) is 0 Å². The van der Waals surface area contributed by atoms with Crippen LogP contribution >= 0.6 is 0 Å². The van der Waals surface area contributed by atoms with E-state index < -0.39 is 36.2 Å². The molecule has 0 fully saturated rings. The molecule has 0 spiro atoms. The molecule has 0 amide bonds. The summed E-state index contributed by atoms with van der Waals surface area (Å²) in [5.41, 5.74) is 8.23. The molecular weight excluding hydrogens is 370 g/mol. The van der Waals surface area contributed by atoms with Gasteiger partial charge in [0.15, 0.2) is 6.29 Å². The summed E-state index contributed by atoms with van der Waals surface area (Å²) in [7, 11) is 0. The Hall–Kier alpha value is -2.89. The third-order valence-electron chi connectivity index (χ3n) is 2.85. The van der Waals surface area contributed by atoms with E-state index in [0.717, 1.165) is 18.2 Å². The Bertz CT molecular complexity index is 777. The number of carbonyl (C=O) groups excluding carboxylic acids is 1. The first kappa shape index (κ1) is 21.2. The van der Waals surface area contributed by atoms with Gasteiger partial charge in [0.05, 0.1) is 12.2 Å². The maximum Gasteiger partial charge on any atom is 0.433 e. The third kappa shape index (κ3) is 5.58. The van der Waals surface area contributed by atoms with Crippen LogP contribution in [0.2, 0.25) is 0 Å². The Balaban J connectivity index is 0.000000260. The van der Waals surface area contributed by atoms with E-state index in [1.165, 1.54) is 0 Å². The minimum atomic E-state index is -4.53. The number of alkyl halides is 6. The molecule has 2 aromatic heterocycles. The summed E-state index contributed by atoms with van der Waals surface area (Å²) in [5.74, 6) is -0.706. The van der Waals surface area contributed by atoms with Gasteiger partial charge in [0, 0.05) is 5.56 Å². The van der Waals surface area contributed by atoms with E-state index in [9.17, 15) is 31.1 Å². The van der Waals surface area contributed by atoms with E-state index in [4.69, 9.17) is 16.6 Å². The topological polar surface area (TPSA) is 115 Å². The van der Waals surface area contributed by atoms with Crippen molar-refractivity contribution in [3.05, 3.63) is 46.8 Å². The molecule has 2 rings (SSSR count). The smallest absolute Gasteiger partial charge is 0.392 e. The van der Waals surface area contributed by atoms with Crippen LogP contribution in [0.4, 0.5) is 38.0 Å². The number of halogens is 6. The second kappa shape index (κ2) is 7.99. The Labute approximate surface area is 142 Å². The molecule has 12 heteroatoms. The number of hydrogen-bond donors (Lipinski definition) is 3. The first-order chi connectivity index (χ1) is 11.9. The molecule has 0 unspecified atom stereocenters. The quantitative estimate of drug-likeness (QED) is 0.543. The number of carbonyl (C=O) groups is 1. The molecule has 0 atom stereocenters. The number of nitrogens with two attached hydrogens (primary N) is 2. The number of nitrogens with zero attached hydrogens (tertiary/aromatic N) is 2. The van der Waals surface area contributed by atoms with Crippen molar-refractivity contribution in [1.29, 1.82) is 0 Å². The number of hydrogen-bond acceptors (Lipinski definition) is 6. The van der Waals surface area contributed by atoms with Crippen LogP contribution in [0.25, 0.3) is 0 Å². The molecule has 0 saturated carbocycles. The number of nitrogen functional groups attached to an aromatic ring is 2. The number of aliphatic hydroxyl groups excluding tert-OH is 1. The Morgan fingerprint density at radius 2 is 1.35 bits per heavy atom. The van der Waals surface area contributed by atoms with Crippen LogP contribution in [0.1, 0.15) is 27.3 Å². The molecule has 0 bridgehead atoms. The van der Waals surface area contributed by atoms with Gasteiger partial charge in [-0.2, -0.15) is 26.3 Å². The average molecular weight is 382 g/mol. The van der Waals surface area contributed by atoms with Crippen molar-refractivity contribution in [1.82, 2.24) is 9.97 Å². The Kier molecular flexibility index (Phi) is 6.50. The van der Waals surface area contributed by atoms with Crippen molar-refractivity contribution < 1.29 is 36.2 Å². The lowest BCUT2D eigenvalue weighted by atomic mass is 10.2. The van der Waals surface area contributed by atoms with E-state index in [1.54, 1.807) is 0 Å². The molecule has 142 valence electrons. The standard InChI is InChI=1S/C7H7F3N2O.C7H5F3N2O/c2*8-7(9,10)5-2-1-4(3-13)6(11)12-5/h1-2,13H,3H2,(H2,11,12);1-3H,(H2,11,12). The van der Waals surface area contributed by atoms with Crippen molar-refractivity contribution in [3.63, 3.8) is 0 Å². The van der Waals surface area contributed by atoms with Gasteiger partial charge in [0.25, 0.3) is 0 Å². The number of aromatic nitrogens is 2. The maximum absolute atomic E-state index is 12.0. The van der Waals surface area contributed by atoms with Crippen LogP contribution in [0, 0.1) is 0 Å². The maximum atomic E-state index is 12.0. The highest BCUT2D eigenvalue weighted by Crippen LogP contribution is 2.29. The normalized spacial score (nSPS) is 11.5. The van der Waals surface area contributed by atoms with Gasteiger partial charge in [-0.15, -0.1) is 0 Å². The van der Waals surface area contributed by atoms with Gasteiger partial charge in [-0.05, 0) is 18.2 Å². The van der Waals surface area contributed by atoms with Gasteiger partial charge < -0.3 is 16.6 Å². The summed E-state index contributed by atoms with van der Waals surface area (Å²) >= 11 is 0. The summed E-state index contributed by atoms with van der Waals surface area (Å²) in [5, 5.41) is 8.61. The molecule has 2 aromatic rings. The SMILES string of the molecule is Nc1nc(C(F)(F)F)ccc1C=O.Nc1nc(C(F)(F)F)ccc1CO. The molecule has 0 aromatic carbocycles. The summed E-state index contributed by atoms with van der Waals surface area (Å²) in [6.07, 6.45) is -8.68. The van der Waals surface area contributed by atoms with Crippen molar-refractivity contribution in [2.24, 2.45) is 0 Å². The fraction of sp³-hybridized carbons (Fsp3) is 0.214. The molecule has 2 heterocycles. The van der Waals surface area contributed by atoms with E-state index in [0.29, 0.717) is 12.4 Å². The molecule has 0 aliphatic rings. The van der Waals surface area contributed by atoms with Crippen LogP contribution in [0.3, 0.4) is 0 Å². The predicted octanol–water partition coefficient (Wildman–Crippen LogP) is 2.67. The summed E-state index contributed by atoms with van der Waals surface area (Å²) < 4.78 is 72.1. The fourth-order valence-electron chi connectivity index (χ4n) is 1.54. The van der Waals surface area contributed by atoms with Crippen LogP contribution < -0.4 is 11.5 Å². The predicted molar refractivity (Wildman–Crippen MR) is 78.6 cm³/mol. The molecule has 0 saturated heterocycles. The molecule has 0 radical (unpaired) electrons. The zero-order valence-electron chi connectivity index (χ0n) is 12.8. The molecule has 0 aliphatic heterocycles.